The van der Waals surface area contributed by atoms with Crippen LogP contribution in [0, 0.1) is 5.92 Å². The lowest BCUT2D eigenvalue weighted by Crippen LogP contribution is -2.23. The highest BCUT2D eigenvalue weighted by atomic mass is 16.5. The number of rotatable bonds is 8. The van der Waals surface area contributed by atoms with Crippen molar-refractivity contribution in [3.8, 4) is 0 Å². The van der Waals surface area contributed by atoms with E-state index in [1.807, 2.05) is 0 Å². The summed E-state index contributed by atoms with van der Waals surface area (Å²) < 4.78 is 5.63. The summed E-state index contributed by atoms with van der Waals surface area (Å²) in [6.07, 6.45) is 2.73. The second kappa shape index (κ2) is 6.92. The van der Waals surface area contributed by atoms with Crippen molar-refractivity contribution in [3.05, 3.63) is 29.8 Å². The largest absolute Gasteiger partial charge is 0.380 e. The van der Waals surface area contributed by atoms with Gasteiger partial charge >= 0.3 is 0 Å². The quantitative estimate of drug-likeness (QED) is 0.729. The summed E-state index contributed by atoms with van der Waals surface area (Å²) in [4.78, 5) is 2.12. The first-order valence-corrected chi connectivity index (χ1v) is 7.25. The molecule has 0 aliphatic heterocycles. The first-order valence-electron chi connectivity index (χ1n) is 7.25. The Morgan fingerprint density at radius 2 is 1.95 bits per heavy atom. The molecule has 1 aromatic carbocycles. The van der Waals surface area contributed by atoms with E-state index in [4.69, 9.17) is 4.74 Å². The summed E-state index contributed by atoms with van der Waals surface area (Å²) in [7, 11) is 4.13. The number of nitrogens with one attached hydrogen (secondary N) is 1. The smallest absolute Gasteiger partial charge is 0.0591 e. The summed E-state index contributed by atoms with van der Waals surface area (Å²) in [5, 5.41) is 3.50. The molecule has 106 valence electrons. The Labute approximate surface area is 116 Å². The Hall–Kier alpha value is -1.06. The van der Waals surface area contributed by atoms with Gasteiger partial charge in [-0.3, -0.25) is 0 Å². The fourth-order valence-corrected chi connectivity index (χ4v) is 2.06. The third-order valence-electron chi connectivity index (χ3n) is 3.66. The fourth-order valence-electron chi connectivity index (χ4n) is 2.06. The second-order valence-corrected chi connectivity index (χ2v) is 5.68. The van der Waals surface area contributed by atoms with E-state index in [2.05, 4.69) is 55.5 Å². The fraction of sp³-hybridized carbons (Fsp3) is 0.625. The summed E-state index contributed by atoms with van der Waals surface area (Å²) >= 11 is 0. The number of hydrogen-bond donors (Lipinski definition) is 1. The van der Waals surface area contributed by atoms with Crippen LogP contribution in [0.1, 0.15) is 31.4 Å². The summed E-state index contributed by atoms with van der Waals surface area (Å²) in [5.74, 6) is 0.857. The highest BCUT2D eigenvalue weighted by molar-refractivity contribution is 5.46. The lowest BCUT2D eigenvalue weighted by Gasteiger charge is -2.17. The van der Waals surface area contributed by atoms with Gasteiger partial charge in [-0.15, -0.1) is 0 Å². The van der Waals surface area contributed by atoms with Crippen molar-refractivity contribution in [1.82, 2.24) is 5.32 Å². The highest BCUT2D eigenvalue weighted by Crippen LogP contribution is 2.28. The Balaban J connectivity index is 1.67. The van der Waals surface area contributed by atoms with Gasteiger partial charge in [0.2, 0.25) is 0 Å². The average molecular weight is 262 g/mol. The van der Waals surface area contributed by atoms with Gasteiger partial charge < -0.3 is 15.0 Å². The van der Waals surface area contributed by atoms with Gasteiger partial charge in [0.25, 0.3) is 0 Å². The summed E-state index contributed by atoms with van der Waals surface area (Å²) in [5.41, 5.74) is 2.57. The summed E-state index contributed by atoms with van der Waals surface area (Å²) in [6.45, 7) is 4.89. The van der Waals surface area contributed by atoms with Gasteiger partial charge in [0, 0.05) is 39.0 Å². The maximum absolute atomic E-state index is 5.63. The van der Waals surface area contributed by atoms with Crippen molar-refractivity contribution >= 4 is 5.69 Å². The molecule has 1 saturated carbocycles. The Kier molecular flexibility index (Phi) is 5.23. The van der Waals surface area contributed by atoms with Crippen LogP contribution in [-0.4, -0.2) is 33.9 Å². The SMILES string of the molecule is CC(NCCOCC1CC1)c1ccc(N(C)C)cc1. The van der Waals surface area contributed by atoms with E-state index in [0.717, 1.165) is 25.7 Å². The third kappa shape index (κ3) is 4.84. The first-order chi connectivity index (χ1) is 9.16. The molecule has 1 atom stereocenters. The van der Waals surface area contributed by atoms with Crippen LogP contribution in [0.15, 0.2) is 24.3 Å². The average Bonchev–Trinajstić information content (AvgIpc) is 3.22. The lowest BCUT2D eigenvalue weighted by molar-refractivity contribution is 0.124. The molecular weight excluding hydrogens is 236 g/mol. The van der Waals surface area contributed by atoms with E-state index in [9.17, 15) is 0 Å². The molecule has 1 N–H and O–H groups in total. The Morgan fingerprint density at radius 1 is 1.26 bits per heavy atom. The maximum atomic E-state index is 5.63. The third-order valence-corrected chi connectivity index (χ3v) is 3.66. The van der Waals surface area contributed by atoms with Gasteiger partial charge in [-0.05, 0) is 43.4 Å². The van der Waals surface area contributed by atoms with Crippen LogP contribution < -0.4 is 10.2 Å². The van der Waals surface area contributed by atoms with Crippen molar-refractivity contribution < 1.29 is 4.74 Å². The molecule has 1 aromatic rings. The van der Waals surface area contributed by atoms with Crippen LogP contribution in [0.2, 0.25) is 0 Å². The molecule has 0 radical (unpaired) electrons. The van der Waals surface area contributed by atoms with Crippen molar-refractivity contribution in [1.29, 1.82) is 0 Å². The van der Waals surface area contributed by atoms with Crippen molar-refractivity contribution in [2.45, 2.75) is 25.8 Å². The molecule has 3 heteroatoms. The van der Waals surface area contributed by atoms with Crippen molar-refractivity contribution in [2.75, 3.05) is 38.8 Å². The molecule has 3 nitrogen and oxygen atoms in total. The molecule has 1 fully saturated rings. The number of anilines is 1. The molecule has 0 amide bonds. The molecule has 0 saturated heterocycles. The number of hydrogen-bond acceptors (Lipinski definition) is 3. The number of benzene rings is 1. The molecule has 19 heavy (non-hydrogen) atoms. The topological polar surface area (TPSA) is 24.5 Å². The molecule has 1 aliphatic carbocycles. The molecule has 0 bridgehead atoms. The monoisotopic (exact) mass is 262 g/mol. The predicted molar refractivity (Wildman–Crippen MR) is 80.7 cm³/mol. The van der Waals surface area contributed by atoms with Crippen molar-refractivity contribution in [2.24, 2.45) is 5.92 Å². The molecule has 0 spiro atoms. The van der Waals surface area contributed by atoms with Gasteiger partial charge in [0.1, 0.15) is 0 Å². The van der Waals surface area contributed by atoms with Crippen LogP contribution in [0.3, 0.4) is 0 Å². The first kappa shape index (κ1) is 14.4. The standard InChI is InChI=1S/C16H26N2O/c1-13(17-10-11-19-12-14-4-5-14)15-6-8-16(9-7-15)18(2)3/h6-9,13-14,17H,4-5,10-12H2,1-3H3. The van der Waals surface area contributed by atoms with Crippen LogP contribution in [0.5, 0.6) is 0 Å². The minimum Gasteiger partial charge on any atom is -0.380 e. The number of ether oxygens (including phenoxy) is 1. The normalized spacial score (nSPS) is 16.4. The van der Waals surface area contributed by atoms with Gasteiger partial charge in [0.05, 0.1) is 6.61 Å². The Bertz CT molecular complexity index is 371. The van der Waals surface area contributed by atoms with Crippen LogP contribution >= 0.6 is 0 Å². The lowest BCUT2D eigenvalue weighted by atomic mass is 10.1. The molecule has 1 unspecified atom stereocenters. The molecular formula is C16H26N2O. The predicted octanol–water partition coefficient (Wildman–Crippen LogP) is 2.83. The van der Waals surface area contributed by atoms with Crippen molar-refractivity contribution in [3.63, 3.8) is 0 Å². The van der Waals surface area contributed by atoms with Crippen LogP contribution in [0.25, 0.3) is 0 Å². The Morgan fingerprint density at radius 3 is 2.53 bits per heavy atom. The van der Waals surface area contributed by atoms with Gasteiger partial charge in [-0.25, -0.2) is 0 Å². The van der Waals surface area contributed by atoms with Crippen LogP contribution in [0.4, 0.5) is 5.69 Å². The molecule has 1 aliphatic rings. The van der Waals surface area contributed by atoms with Gasteiger partial charge in [-0.1, -0.05) is 12.1 Å². The molecule has 0 heterocycles. The van der Waals surface area contributed by atoms with Crippen LogP contribution in [-0.2, 0) is 4.74 Å². The highest BCUT2D eigenvalue weighted by Gasteiger charge is 2.20. The number of nitrogens with zero attached hydrogens (tertiary/aromatic N) is 1. The van der Waals surface area contributed by atoms with E-state index in [-0.39, 0.29) is 0 Å². The van der Waals surface area contributed by atoms with E-state index >= 15 is 0 Å². The zero-order valence-electron chi connectivity index (χ0n) is 12.4. The van der Waals surface area contributed by atoms with E-state index in [1.165, 1.54) is 24.1 Å². The van der Waals surface area contributed by atoms with E-state index in [1.54, 1.807) is 0 Å². The minimum atomic E-state index is 0.376. The second-order valence-electron chi connectivity index (χ2n) is 5.68. The van der Waals surface area contributed by atoms with Gasteiger partial charge in [0.15, 0.2) is 0 Å². The van der Waals surface area contributed by atoms with E-state index in [0.29, 0.717) is 6.04 Å². The van der Waals surface area contributed by atoms with E-state index < -0.39 is 0 Å². The molecule has 2 rings (SSSR count). The zero-order chi connectivity index (χ0) is 13.7. The summed E-state index contributed by atoms with van der Waals surface area (Å²) in [6, 6.07) is 9.09. The molecule has 0 aromatic heterocycles. The minimum absolute atomic E-state index is 0.376. The zero-order valence-corrected chi connectivity index (χ0v) is 12.4. The maximum Gasteiger partial charge on any atom is 0.0591 e. The van der Waals surface area contributed by atoms with Gasteiger partial charge in [-0.2, -0.15) is 0 Å².